The van der Waals surface area contributed by atoms with Crippen LogP contribution in [0.25, 0.3) is 0 Å². The van der Waals surface area contributed by atoms with Gasteiger partial charge in [0.25, 0.3) is 0 Å². The van der Waals surface area contributed by atoms with Crippen LogP contribution < -0.4 is 10.2 Å². The van der Waals surface area contributed by atoms with Crippen molar-refractivity contribution in [3.8, 4) is 0 Å². The topological polar surface area (TPSA) is 78.9 Å². The Balaban J connectivity index is 2.52. The number of carboxylic acids is 1. The highest BCUT2D eigenvalue weighted by Crippen LogP contribution is 2.19. The fourth-order valence-corrected chi connectivity index (χ4v) is 3.32. The summed E-state index contributed by atoms with van der Waals surface area (Å²) in [7, 11) is 0. The summed E-state index contributed by atoms with van der Waals surface area (Å²) in [6.07, 6.45) is -0.714. The zero-order valence-corrected chi connectivity index (χ0v) is 17.1. The van der Waals surface area contributed by atoms with Gasteiger partial charge in [-0.05, 0) is 52.3 Å². The molecule has 7 heteroatoms. The van der Waals surface area contributed by atoms with Crippen molar-refractivity contribution < 1.29 is 19.4 Å². The summed E-state index contributed by atoms with van der Waals surface area (Å²) in [5.41, 5.74) is 1.64. The molecule has 26 heavy (non-hydrogen) atoms. The lowest BCUT2D eigenvalue weighted by Gasteiger charge is -2.22. The summed E-state index contributed by atoms with van der Waals surface area (Å²) >= 11 is 1.46. The first kappa shape index (κ1) is 22.2. The van der Waals surface area contributed by atoms with Gasteiger partial charge in [-0.2, -0.15) is 11.8 Å². The standard InChI is InChI=1S/C19H30N2O4S/c1-6-21(7-2)15-10-8-14(9-11-15)12-26-13-16(17(22)23)20-18(24)25-19(3,4)5/h8-11,16H,6-7,12-13H2,1-5H3,(H,20,24)(H,22,23)/t16-/m0/s1. The van der Waals surface area contributed by atoms with Gasteiger partial charge in [0.2, 0.25) is 0 Å². The van der Waals surface area contributed by atoms with Gasteiger partial charge in [0.1, 0.15) is 11.6 Å². The minimum atomic E-state index is -1.07. The third kappa shape index (κ3) is 7.99. The number of nitrogens with zero attached hydrogens (tertiary/aromatic N) is 1. The number of hydrogen-bond donors (Lipinski definition) is 2. The number of rotatable bonds is 9. The fraction of sp³-hybridized carbons (Fsp3) is 0.579. The average molecular weight is 383 g/mol. The summed E-state index contributed by atoms with van der Waals surface area (Å²) in [5, 5.41) is 11.7. The number of carbonyl (C=O) groups excluding carboxylic acids is 1. The summed E-state index contributed by atoms with van der Waals surface area (Å²) in [5.74, 6) is -0.120. The Morgan fingerprint density at radius 3 is 2.23 bits per heavy atom. The van der Waals surface area contributed by atoms with Crippen molar-refractivity contribution in [1.29, 1.82) is 0 Å². The number of amides is 1. The number of benzene rings is 1. The zero-order chi connectivity index (χ0) is 19.7. The maximum atomic E-state index is 11.8. The number of aliphatic carboxylic acids is 1. The van der Waals surface area contributed by atoms with Gasteiger partial charge in [-0.25, -0.2) is 9.59 Å². The molecule has 0 spiro atoms. The van der Waals surface area contributed by atoms with Gasteiger partial charge in [-0.1, -0.05) is 12.1 Å². The van der Waals surface area contributed by atoms with Crippen LogP contribution in [0.3, 0.4) is 0 Å². The average Bonchev–Trinajstić information content (AvgIpc) is 2.54. The highest BCUT2D eigenvalue weighted by molar-refractivity contribution is 7.98. The molecular weight excluding hydrogens is 352 g/mol. The van der Waals surface area contributed by atoms with Gasteiger partial charge in [0.15, 0.2) is 0 Å². The van der Waals surface area contributed by atoms with Crippen LogP contribution in [0.1, 0.15) is 40.2 Å². The number of thioether (sulfide) groups is 1. The lowest BCUT2D eigenvalue weighted by Crippen LogP contribution is -2.44. The summed E-state index contributed by atoms with van der Waals surface area (Å²) in [6.45, 7) is 11.4. The molecule has 6 nitrogen and oxygen atoms in total. The van der Waals surface area contributed by atoms with Crippen LogP contribution in [0, 0.1) is 0 Å². The molecule has 0 bridgehead atoms. The second kappa shape index (κ2) is 10.3. The zero-order valence-electron chi connectivity index (χ0n) is 16.2. The van der Waals surface area contributed by atoms with E-state index in [0.717, 1.165) is 18.7 Å². The minimum Gasteiger partial charge on any atom is -0.480 e. The first-order valence-corrected chi connectivity index (χ1v) is 9.95. The van der Waals surface area contributed by atoms with Crippen LogP contribution in [-0.2, 0) is 15.3 Å². The molecule has 0 aliphatic rings. The Bertz CT molecular complexity index is 580. The summed E-state index contributed by atoms with van der Waals surface area (Å²) in [6, 6.07) is 7.28. The lowest BCUT2D eigenvalue weighted by atomic mass is 10.2. The maximum Gasteiger partial charge on any atom is 0.408 e. The van der Waals surface area contributed by atoms with E-state index in [4.69, 9.17) is 4.74 Å². The van der Waals surface area contributed by atoms with E-state index in [-0.39, 0.29) is 5.75 Å². The monoisotopic (exact) mass is 382 g/mol. The minimum absolute atomic E-state index is 0.270. The number of alkyl carbamates (subject to hydrolysis) is 1. The molecule has 2 N–H and O–H groups in total. The van der Waals surface area contributed by atoms with Crippen LogP contribution in [0.15, 0.2) is 24.3 Å². The number of anilines is 1. The fourth-order valence-electron chi connectivity index (χ4n) is 2.31. The third-order valence-corrected chi connectivity index (χ3v) is 4.71. The largest absolute Gasteiger partial charge is 0.480 e. The van der Waals surface area contributed by atoms with E-state index < -0.39 is 23.7 Å². The van der Waals surface area contributed by atoms with E-state index in [9.17, 15) is 14.7 Å². The highest BCUT2D eigenvalue weighted by Gasteiger charge is 2.23. The van der Waals surface area contributed by atoms with Crippen molar-refractivity contribution in [1.82, 2.24) is 5.32 Å². The number of nitrogens with one attached hydrogen (secondary N) is 1. The van der Waals surface area contributed by atoms with Crippen molar-refractivity contribution in [3.05, 3.63) is 29.8 Å². The molecule has 0 aromatic heterocycles. The SMILES string of the molecule is CCN(CC)c1ccc(CSC[C@H](NC(=O)OC(C)(C)C)C(=O)O)cc1. The van der Waals surface area contributed by atoms with Crippen molar-refractivity contribution in [2.75, 3.05) is 23.7 Å². The molecule has 0 saturated carbocycles. The molecule has 146 valence electrons. The van der Waals surface area contributed by atoms with Crippen LogP contribution in [0.5, 0.6) is 0 Å². The molecule has 0 aliphatic carbocycles. The molecule has 0 heterocycles. The van der Waals surface area contributed by atoms with Crippen LogP contribution in [0.4, 0.5) is 10.5 Å². The third-order valence-electron chi connectivity index (χ3n) is 3.61. The predicted molar refractivity (Wildman–Crippen MR) is 107 cm³/mol. The number of ether oxygens (including phenoxy) is 1. The maximum absolute atomic E-state index is 11.8. The first-order chi connectivity index (χ1) is 12.2. The van der Waals surface area contributed by atoms with E-state index in [1.165, 1.54) is 17.4 Å². The van der Waals surface area contributed by atoms with E-state index in [1.807, 2.05) is 0 Å². The lowest BCUT2D eigenvalue weighted by molar-refractivity contribution is -0.138. The van der Waals surface area contributed by atoms with Crippen molar-refractivity contribution in [2.45, 2.75) is 52.0 Å². The number of carbonyl (C=O) groups is 2. The molecule has 1 aromatic rings. The normalized spacial score (nSPS) is 12.3. The molecular formula is C19H30N2O4S. The summed E-state index contributed by atoms with van der Waals surface area (Å²) < 4.78 is 5.11. The quantitative estimate of drug-likeness (QED) is 0.677. The molecule has 0 radical (unpaired) electrons. The first-order valence-electron chi connectivity index (χ1n) is 8.80. The van der Waals surface area contributed by atoms with Gasteiger partial charge in [-0.3, -0.25) is 0 Å². The van der Waals surface area contributed by atoms with Crippen LogP contribution >= 0.6 is 11.8 Å². The Morgan fingerprint density at radius 2 is 1.77 bits per heavy atom. The summed E-state index contributed by atoms with van der Waals surface area (Å²) in [4.78, 5) is 25.4. The Labute approximate surface area is 160 Å². The smallest absolute Gasteiger partial charge is 0.408 e. The van der Waals surface area contributed by atoms with Crippen molar-refractivity contribution >= 4 is 29.5 Å². The molecule has 0 unspecified atom stereocenters. The van der Waals surface area contributed by atoms with E-state index in [2.05, 4.69) is 48.3 Å². The van der Waals surface area contributed by atoms with E-state index in [1.54, 1.807) is 20.8 Å². The van der Waals surface area contributed by atoms with E-state index >= 15 is 0 Å². The number of hydrogen-bond acceptors (Lipinski definition) is 5. The van der Waals surface area contributed by atoms with Gasteiger partial charge in [0.05, 0.1) is 0 Å². The molecule has 1 amide bonds. The van der Waals surface area contributed by atoms with Crippen molar-refractivity contribution in [2.24, 2.45) is 0 Å². The highest BCUT2D eigenvalue weighted by atomic mass is 32.2. The number of carboxylic acid groups (broad SMARTS) is 1. The molecule has 0 aliphatic heterocycles. The van der Waals surface area contributed by atoms with Gasteiger partial charge >= 0.3 is 12.1 Å². The molecule has 0 fully saturated rings. The predicted octanol–water partition coefficient (Wildman–Crippen LogP) is 3.74. The Morgan fingerprint density at radius 1 is 1.19 bits per heavy atom. The van der Waals surface area contributed by atoms with Gasteiger partial charge in [0, 0.05) is 30.3 Å². The van der Waals surface area contributed by atoms with Crippen LogP contribution in [0.2, 0.25) is 0 Å². The van der Waals surface area contributed by atoms with Crippen LogP contribution in [-0.4, -0.2) is 47.7 Å². The Hall–Kier alpha value is -1.89. The second-order valence-electron chi connectivity index (χ2n) is 6.89. The Kier molecular flexibility index (Phi) is 8.78. The molecule has 1 aromatic carbocycles. The van der Waals surface area contributed by atoms with Gasteiger partial charge < -0.3 is 20.1 Å². The van der Waals surface area contributed by atoms with E-state index in [0.29, 0.717) is 5.75 Å². The molecule has 0 saturated heterocycles. The molecule has 1 rings (SSSR count). The second-order valence-corrected chi connectivity index (χ2v) is 7.92. The van der Waals surface area contributed by atoms with Gasteiger partial charge in [-0.15, -0.1) is 0 Å². The van der Waals surface area contributed by atoms with Crippen molar-refractivity contribution in [3.63, 3.8) is 0 Å². The molecule has 1 atom stereocenters.